The molecule has 0 aliphatic heterocycles. The summed E-state index contributed by atoms with van der Waals surface area (Å²) in [5, 5.41) is 3.13. The maximum Gasteiger partial charge on any atom is 0.253 e. The quantitative estimate of drug-likeness (QED) is 0.803. The molecule has 112 valence electrons. The monoisotopic (exact) mass is 294 g/mol. The summed E-state index contributed by atoms with van der Waals surface area (Å²) in [4.78, 5) is 16.4. The molecule has 5 heteroatoms. The predicted octanol–water partition coefficient (Wildman–Crippen LogP) is 2.34. The van der Waals surface area contributed by atoms with Gasteiger partial charge in [0.2, 0.25) is 0 Å². The molecule has 0 atom stereocenters. The van der Waals surface area contributed by atoms with Crippen molar-refractivity contribution in [1.82, 2.24) is 19.3 Å². The van der Waals surface area contributed by atoms with Gasteiger partial charge in [-0.3, -0.25) is 4.79 Å². The maximum absolute atomic E-state index is 12.3. The van der Waals surface area contributed by atoms with Gasteiger partial charge in [0, 0.05) is 42.9 Å². The van der Waals surface area contributed by atoms with Gasteiger partial charge in [0.25, 0.3) is 5.91 Å². The first kappa shape index (κ1) is 13.1. The molecule has 1 N–H and O–H groups in total. The van der Waals surface area contributed by atoms with Crippen LogP contribution in [0.15, 0.2) is 55.4 Å². The van der Waals surface area contributed by atoms with Crippen molar-refractivity contribution < 1.29 is 4.79 Å². The molecule has 4 rings (SSSR count). The third-order valence-electron chi connectivity index (χ3n) is 4.37. The van der Waals surface area contributed by atoms with Crippen molar-refractivity contribution in [3.05, 3.63) is 60.9 Å². The summed E-state index contributed by atoms with van der Waals surface area (Å²) in [5.41, 5.74) is 1.77. The van der Waals surface area contributed by atoms with E-state index in [2.05, 4.69) is 14.9 Å². The Morgan fingerprint density at radius 1 is 1.32 bits per heavy atom. The first-order valence-corrected chi connectivity index (χ1v) is 7.61. The van der Waals surface area contributed by atoms with Gasteiger partial charge in [0.1, 0.15) is 0 Å². The fraction of sp³-hybridized carbons (Fsp3) is 0.294. The molecule has 1 aliphatic rings. The number of pyridine rings is 1. The van der Waals surface area contributed by atoms with Gasteiger partial charge in [-0.25, -0.2) is 4.98 Å². The molecular weight excluding hydrogens is 276 g/mol. The molecular formula is C17H18N4O. The highest BCUT2D eigenvalue weighted by Gasteiger charge is 2.30. The van der Waals surface area contributed by atoms with Gasteiger partial charge in [-0.2, -0.15) is 0 Å². The average molecular weight is 294 g/mol. The van der Waals surface area contributed by atoms with E-state index in [0.717, 1.165) is 30.5 Å². The smallest absolute Gasteiger partial charge is 0.253 e. The Labute approximate surface area is 128 Å². The molecule has 1 saturated carbocycles. The number of carbonyl (C=O) groups is 1. The van der Waals surface area contributed by atoms with E-state index in [1.54, 1.807) is 6.20 Å². The van der Waals surface area contributed by atoms with E-state index in [-0.39, 0.29) is 5.91 Å². The lowest BCUT2D eigenvalue weighted by molar-refractivity contribution is 0.0881. The summed E-state index contributed by atoms with van der Waals surface area (Å²) in [6, 6.07) is 8.16. The van der Waals surface area contributed by atoms with Gasteiger partial charge in [-0.05, 0) is 37.0 Å². The van der Waals surface area contributed by atoms with Crippen molar-refractivity contribution in [3.8, 4) is 0 Å². The van der Waals surface area contributed by atoms with Crippen LogP contribution in [0, 0.1) is 5.92 Å². The number of nitrogens with one attached hydrogen (secondary N) is 1. The molecule has 3 aromatic rings. The zero-order valence-electron chi connectivity index (χ0n) is 12.2. The number of nitrogens with zero attached hydrogens (tertiary/aromatic N) is 3. The fourth-order valence-corrected chi connectivity index (χ4v) is 3.14. The van der Waals surface area contributed by atoms with Crippen LogP contribution >= 0.6 is 0 Å². The molecule has 0 spiro atoms. The highest BCUT2D eigenvalue weighted by Crippen LogP contribution is 2.29. The second-order valence-corrected chi connectivity index (χ2v) is 6.03. The summed E-state index contributed by atoms with van der Waals surface area (Å²) in [6.45, 7) is 0.989. The Morgan fingerprint density at radius 3 is 3.00 bits per heavy atom. The normalized spacial score (nSPS) is 20.7. The number of carbonyl (C=O) groups excluding carboxylic acids is 1. The number of amides is 1. The highest BCUT2D eigenvalue weighted by molar-refractivity contribution is 5.95. The van der Waals surface area contributed by atoms with Crippen LogP contribution in [0.25, 0.3) is 5.52 Å². The molecule has 0 aromatic carbocycles. The van der Waals surface area contributed by atoms with Crippen LogP contribution in [-0.4, -0.2) is 25.9 Å². The minimum absolute atomic E-state index is 0.0229. The molecule has 0 unspecified atom stereocenters. The van der Waals surface area contributed by atoms with Crippen molar-refractivity contribution in [2.45, 2.75) is 25.4 Å². The van der Waals surface area contributed by atoms with Crippen LogP contribution in [-0.2, 0) is 6.54 Å². The van der Waals surface area contributed by atoms with Crippen LogP contribution < -0.4 is 5.32 Å². The Balaban J connectivity index is 1.33. The molecule has 22 heavy (non-hydrogen) atoms. The fourth-order valence-electron chi connectivity index (χ4n) is 3.14. The molecule has 0 radical (unpaired) electrons. The van der Waals surface area contributed by atoms with E-state index in [1.807, 2.05) is 53.6 Å². The minimum atomic E-state index is 0.0229. The zero-order chi connectivity index (χ0) is 14.9. The van der Waals surface area contributed by atoms with E-state index >= 15 is 0 Å². The van der Waals surface area contributed by atoms with Gasteiger partial charge in [-0.15, -0.1) is 0 Å². The van der Waals surface area contributed by atoms with E-state index < -0.39 is 0 Å². The first-order chi connectivity index (χ1) is 10.8. The van der Waals surface area contributed by atoms with Crippen molar-refractivity contribution in [1.29, 1.82) is 0 Å². The summed E-state index contributed by atoms with van der Waals surface area (Å²) in [5.74, 6) is 0.655. The van der Waals surface area contributed by atoms with Gasteiger partial charge in [-0.1, -0.05) is 6.07 Å². The van der Waals surface area contributed by atoms with Crippen molar-refractivity contribution in [2.24, 2.45) is 5.92 Å². The third kappa shape index (κ3) is 2.50. The lowest BCUT2D eigenvalue weighted by atomic mass is 9.80. The van der Waals surface area contributed by atoms with E-state index in [4.69, 9.17) is 0 Å². The largest absolute Gasteiger partial charge is 0.349 e. The van der Waals surface area contributed by atoms with Crippen LogP contribution in [0.3, 0.4) is 0 Å². The predicted molar refractivity (Wildman–Crippen MR) is 83.6 cm³/mol. The Hall–Kier alpha value is -2.56. The summed E-state index contributed by atoms with van der Waals surface area (Å²) in [6.07, 6.45) is 11.5. The van der Waals surface area contributed by atoms with Gasteiger partial charge in [0.15, 0.2) is 0 Å². The lowest BCUT2D eigenvalue weighted by Crippen LogP contribution is -2.45. The summed E-state index contributed by atoms with van der Waals surface area (Å²) >= 11 is 0. The number of hydrogen-bond donors (Lipinski definition) is 1. The van der Waals surface area contributed by atoms with Gasteiger partial charge < -0.3 is 14.3 Å². The van der Waals surface area contributed by atoms with Crippen LogP contribution in [0.2, 0.25) is 0 Å². The number of imidazole rings is 1. The topological polar surface area (TPSA) is 51.3 Å². The van der Waals surface area contributed by atoms with E-state index in [0.29, 0.717) is 12.0 Å². The van der Waals surface area contributed by atoms with Crippen molar-refractivity contribution in [2.75, 3.05) is 0 Å². The number of rotatable bonds is 4. The van der Waals surface area contributed by atoms with Crippen LogP contribution in [0.4, 0.5) is 0 Å². The number of aromatic nitrogens is 3. The SMILES string of the molecule is O=C(NC1CC(Cn2ccnc2)C1)c1cc2ccccn2c1. The molecule has 1 amide bonds. The second kappa shape index (κ2) is 5.33. The first-order valence-electron chi connectivity index (χ1n) is 7.61. The van der Waals surface area contributed by atoms with Crippen molar-refractivity contribution >= 4 is 11.4 Å². The molecule has 3 heterocycles. The molecule has 1 aliphatic carbocycles. The van der Waals surface area contributed by atoms with E-state index in [9.17, 15) is 4.79 Å². The molecule has 3 aromatic heterocycles. The molecule has 5 nitrogen and oxygen atoms in total. The molecule has 0 bridgehead atoms. The molecule has 0 saturated heterocycles. The Bertz CT molecular complexity index is 751. The zero-order valence-corrected chi connectivity index (χ0v) is 12.2. The van der Waals surface area contributed by atoms with Crippen molar-refractivity contribution in [3.63, 3.8) is 0 Å². The Kier molecular flexibility index (Phi) is 3.18. The third-order valence-corrected chi connectivity index (χ3v) is 4.37. The van der Waals surface area contributed by atoms with Crippen LogP contribution in [0.5, 0.6) is 0 Å². The molecule has 1 fully saturated rings. The average Bonchev–Trinajstić information content (AvgIpc) is 3.13. The second-order valence-electron chi connectivity index (χ2n) is 6.03. The van der Waals surface area contributed by atoms with E-state index in [1.165, 1.54) is 0 Å². The number of fused-ring (bicyclic) bond motifs is 1. The standard InChI is InChI=1S/C17H18N4O/c22-17(14-9-16-3-1-2-5-21(16)11-14)19-15-7-13(8-15)10-20-6-4-18-12-20/h1-6,9,11-13,15H,7-8,10H2,(H,19,22). The lowest BCUT2D eigenvalue weighted by Gasteiger charge is -2.35. The summed E-state index contributed by atoms with van der Waals surface area (Å²) < 4.78 is 4.07. The van der Waals surface area contributed by atoms with Crippen LogP contribution in [0.1, 0.15) is 23.2 Å². The highest BCUT2D eigenvalue weighted by atomic mass is 16.1. The summed E-state index contributed by atoms with van der Waals surface area (Å²) in [7, 11) is 0. The maximum atomic E-state index is 12.3. The Morgan fingerprint density at radius 2 is 2.23 bits per heavy atom. The number of hydrogen-bond acceptors (Lipinski definition) is 2. The van der Waals surface area contributed by atoms with Gasteiger partial charge in [0.05, 0.1) is 11.9 Å². The van der Waals surface area contributed by atoms with Gasteiger partial charge >= 0.3 is 0 Å². The minimum Gasteiger partial charge on any atom is -0.349 e.